The molecular weight excluding hydrogens is 266 g/mol. The number of hydrogen-bond acceptors (Lipinski definition) is 3. The van der Waals surface area contributed by atoms with Crippen LogP contribution in [0.4, 0.5) is 0 Å². The lowest BCUT2D eigenvalue weighted by Crippen LogP contribution is -2.68. The predicted molar refractivity (Wildman–Crippen MR) is 85.8 cm³/mol. The topological polar surface area (TPSA) is 21.7 Å². The molecule has 0 N–H and O–H groups in total. The highest BCUT2D eigenvalue weighted by Gasteiger charge is 2.58. The van der Waals surface area contributed by atoms with Crippen LogP contribution in [0.1, 0.15) is 72.1 Å². The molecule has 118 valence electrons. The van der Waals surface area contributed by atoms with E-state index in [4.69, 9.17) is 8.85 Å². The van der Waals surface area contributed by atoms with Gasteiger partial charge in [-0.2, -0.15) is 0 Å². The highest BCUT2D eigenvalue weighted by molar-refractivity contribution is 6.67. The average molecular weight is 300 g/mol. The number of hydrogen-bond donors (Lipinski definition) is 0. The van der Waals surface area contributed by atoms with Crippen LogP contribution < -0.4 is 0 Å². The Morgan fingerprint density at radius 1 is 0.800 bits per heavy atom. The first-order valence-corrected chi connectivity index (χ1v) is 10.1. The first-order valence-electron chi connectivity index (χ1n) is 8.35. The van der Waals surface area contributed by atoms with Gasteiger partial charge in [0.25, 0.3) is 0 Å². The van der Waals surface area contributed by atoms with Gasteiger partial charge in [-0.05, 0) is 25.7 Å². The average Bonchev–Trinajstić information content (AvgIpc) is 3.07. The van der Waals surface area contributed by atoms with E-state index < -0.39 is 8.72 Å². The summed E-state index contributed by atoms with van der Waals surface area (Å²) in [4.78, 5) is 0. The fourth-order valence-corrected chi connectivity index (χ4v) is 8.50. The predicted octanol–water partition coefficient (Wildman–Crippen LogP) is 4.21. The van der Waals surface area contributed by atoms with Crippen LogP contribution in [-0.2, 0) is 8.85 Å². The molecular formula is C16H33NO2Si. The van der Waals surface area contributed by atoms with Crippen LogP contribution in [-0.4, -0.2) is 39.6 Å². The van der Waals surface area contributed by atoms with Crippen molar-refractivity contribution in [3.8, 4) is 0 Å². The smallest absolute Gasteiger partial charge is 0.386 e. The first kappa shape index (κ1) is 16.5. The second kappa shape index (κ2) is 6.47. The minimum absolute atomic E-state index is 0.0711. The van der Waals surface area contributed by atoms with Crippen molar-refractivity contribution in [2.75, 3.05) is 14.2 Å². The van der Waals surface area contributed by atoms with Gasteiger partial charge in [0.2, 0.25) is 0 Å². The highest BCUT2D eigenvalue weighted by Crippen LogP contribution is 2.45. The van der Waals surface area contributed by atoms with Gasteiger partial charge < -0.3 is 8.85 Å². The summed E-state index contributed by atoms with van der Waals surface area (Å²) in [5.74, 6) is 0. The number of rotatable bonds is 5. The summed E-state index contributed by atoms with van der Waals surface area (Å²) in [6, 6.07) is 1.37. The van der Waals surface area contributed by atoms with Crippen LogP contribution in [0.2, 0.25) is 5.04 Å². The van der Waals surface area contributed by atoms with Crippen molar-refractivity contribution in [3.05, 3.63) is 0 Å². The van der Waals surface area contributed by atoms with Gasteiger partial charge in [0.15, 0.2) is 0 Å². The molecule has 2 fully saturated rings. The molecule has 0 aromatic carbocycles. The zero-order valence-corrected chi connectivity index (χ0v) is 15.1. The summed E-state index contributed by atoms with van der Waals surface area (Å²) in [6.07, 6.45) is 10.8. The van der Waals surface area contributed by atoms with Gasteiger partial charge in [-0.15, -0.1) is 0 Å². The van der Waals surface area contributed by atoms with E-state index in [9.17, 15) is 0 Å². The maximum atomic E-state index is 6.18. The monoisotopic (exact) mass is 299 g/mol. The Labute approximate surface area is 126 Å². The summed E-state index contributed by atoms with van der Waals surface area (Å²) in [6.45, 7) is 6.88. The molecule has 3 nitrogen and oxygen atoms in total. The van der Waals surface area contributed by atoms with Crippen molar-refractivity contribution in [3.63, 3.8) is 0 Å². The van der Waals surface area contributed by atoms with E-state index in [0.29, 0.717) is 12.1 Å². The normalized spacial score (nSPS) is 23.1. The molecule has 0 bridgehead atoms. The van der Waals surface area contributed by atoms with Crippen LogP contribution in [0.25, 0.3) is 0 Å². The van der Waals surface area contributed by atoms with Crippen LogP contribution in [0.5, 0.6) is 0 Å². The van der Waals surface area contributed by atoms with Gasteiger partial charge >= 0.3 is 8.72 Å². The molecule has 2 saturated carbocycles. The maximum absolute atomic E-state index is 6.18. The van der Waals surface area contributed by atoms with Crippen molar-refractivity contribution in [2.45, 2.75) is 89.3 Å². The van der Waals surface area contributed by atoms with Gasteiger partial charge in [0.05, 0.1) is 0 Å². The fraction of sp³-hybridized carbons (Fsp3) is 1.00. The summed E-state index contributed by atoms with van der Waals surface area (Å²) in [5, 5.41) is 0.0711. The molecule has 0 amide bonds. The SMILES string of the molecule is CO[Si](OC)(N(C1CCCC1)C1CCCC1)C(C)(C)C. The standard InChI is InChI=1S/C16H33NO2Si/c1-16(2,3)20(18-4,19-5)17(14-10-6-7-11-14)15-12-8-9-13-15/h14-15H,6-13H2,1-5H3. The third-order valence-electron chi connectivity index (χ3n) is 5.28. The van der Waals surface area contributed by atoms with Crippen LogP contribution in [0.3, 0.4) is 0 Å². The maximum Gasteiger partial charge on any atom is 0.433 e. The van der Waals surface area contributed by atoms with Gasteiger partial charge in [-0.25, -0.2) is 0 Å². The summed E-state index contributed by atoms with van der Waals surface area (Å²) in [5.41, 5.74) is 0. The van der Waals surface area contributed by atoms with Crippen molar-refractivity contribution < 1.29 is 8.85 Å². The van der Waals surface area contributed by atoms with E-state index in [1.807, 2.05) is 14.2 Å². The Morgan fingerprint density at radius 2 is 1.15 bits per heavy atom. The molecule has 0 atom stereocenters. The van der Waals surface area contributed by atoms with Crippen molar-refractivity contribution >= 4 is 8.72 Å². The van der Waals surface area contributed by atoms with E-state index in [2.05, 4.69) is 25.3 Å². The van der Waals surface area contributed by atoms with Crippen LogP contribution >= 0.6 is 0 Å². The summed E-state index contributed by atoms with van der Waals surface area (Å²) in [7, 11) is 1.37. The molecule has 0 saturated heterocycles. The molecule has 0 aromatic rings. The van der Waals surface area contributed by atoms with Gasteiger partial charge in [0.1, 0.15) is 0 Å². The van der Waals surface area contributed by atoms with Crippen LogP contribution in [0.15, 0.2) is 0 Å². The molecule has 2 aliphatic carbocycles. The molecule has 0 radical (unpaired) electrons. The quantitative estimate of drug-likeness (QED) is 0.710. The minimum Gasteiger partial charge on any atom is -0.386 e. The van der Waals surface area contributed by atoms with Crippen molar-refractivity contribution in [2.24, 2.45) is 0 Å². The van der Waals surface area contributed by atoms with Gasteiger partial charge in [0, 0.05) is 31.3 Å². The van der Waals surface area contributed by atoms with E-state index in [1.54, 1.807) is 0 Å². The van der Waals surface area contributed by atoms with Gasteiger partial charge in [-0.1, -0.05) is 46.5 Å². The first-order chi connectivity index (χ1) is 9.46. The molecule has 0 unspecified atom stereocenters. The lowest BCUT2D eigenvalue weighted by molar-refractivity contribution is 0.0876. The molecule has 0 spiro atoms. The summed E-state index contributed by atoms with van der Waals surface area (Å²) >= 11 is 0. The van der Waals surface area contributed by atoms with Gasteiger partial charge in [-0.3, -0.25) is 4.57 Å². The number of nitrogens with zero attached hydrogens (tertiary/aromatic N) is 1. The Kier molecular flexibility index (Phi) is 5.33. The lowest BCUT2D eigenvalue weighted by atomic mass is 10.2. The Hall–Kier alpha value is 0.0969. The third-order valence-corrected chi connectivity index (χ3v) is 9.69. The van der Waals surface area contributed by atoms with Crippen LogP contribution in [0, 0.1) is 0 Å². The molecule has 20 heavy (non-hydrogen) atoms. The zero-order chi connectivity index (χ0) is 14.8. The largest absolute Gasteiger partial charge is 0.433 e. The zero-order valence-electron chi connectivity index (χ0n) is 14.1. The third kappa shape index (κ3) is 2.85. The fourth-order valence-electron chi connectivity index (χ4n) is 4.44. The lowest BCUT2D eigenvalue weighted by Gasteiger charge is -2.51. The van der Waals surface area contributed by atoms with Crippen molar-refractivity contribution in [1.82, 2.24) is 4.57 Å². The Bertz CT molecular complexity index is 284. The van der Waals surface area contributed by atoms with E-state index >= 15 is 0 Å². The van der Waals surface area contributed by atoms with E-state index in [1.165, 1.54) is 51.4 Å². The Morgan fingerprint density at radius 3 is 1.40 bits per heavy atom. The molecule has 0 aromatic heterocycles. The minimum atomic E-state index is -2.37. The second-order valence-electron chi connectivity index (χ2n) is 7.52. The Balaban J connectivity index is 2.35. The highest BCUT2D eigenvalue weighted by atomic mass is 28.4. The molecule has 2 rings (SSSR count). The molecule has 4 heteroatoms. The summed E-state index contributed by atoms with van der Waals surface area (Å²) < 4.78 is 15.1. The second-order valence-corrected chi connectivity index (χ2v) is 11.5. The molecule has 2 aliphatic rings. The van der Waals surface area contributed by atoms with E-state index in [0.717, 1.165) is 0 Å². The van der Waals surface area contributed by atoms with Crippen molar-refractivity contribution in [1.29, 1.82) is 0 Å². The molecule has 0 heterocycles. The molecule has 0 aliphatic heterocycles. The van der Waals surface area contributed by atoms with E-state index in [-0.39, 0.29) is 5.04 Å².